The van der Waals surface area contributed by atoms with Gasteiger partial charge in [0.05, 0.1) is 24.5 Å². The average molecular weight is 406 g/mol. The number of halogens is 1. The number of nitrogens with one attached hydrogen (secondary N) is 1. The molecule has 6 heteroatoms. The lowest BCUT2D eigenvalue weighted by Crippen LogP contribution is -2.43. The largest absolute Gasteiger partial charge is 0.360 e. The summed E-state index contributed by atoms with van der Waals surface area (Å²) in [6.07, 6.45) is 3.48. The van der Waals surface area contributed by atoms with Gasteiger partial charge in [0.1, 0.15) is 11.4 Å². The zero-order chi connectivity index (χ0) is 20.9. The number of fused-ring (bicyclic) bond motifs is 1. The predicted octanol–water partition coefficient (Wildman–Crippen LogP) is 2.73. The van der Waals surface area contributed by atoms with Crippen LogP contribution in [0.5, 0.6) is 0 Å². The number of nitrogens with zero attached hydrogens (tertiary/aromatic N) is 1. The van der Waals surface area contributed by atoms with Crippen molar-refractivity contribution in [1.82, 2.24) is 10.2 Å². The van der Waals surface area contributed by atoms with Crippen LogP contribution < -0.4 is 5.32 Å². The van der Waals surface area contributed by atoms with E-state index in [4.69, 9.17) is 4.74 Å². The quantitative estimate of drug-likeness (QED) is 0.777. The van der Waals surface area contributed by atoms with Crippen LogP contribution in [0.15, 0.2) is 60.7 Å². The van der Waals surface area contributed by atoms with Gasteiger partial charge in [-0.3, -0.25) is 9.59 Å². The van der Waals surface area contributed by atoms with Crippen LogP contribution in [0.1, 0.15) is 16.7 Å². The minimum absolute atomic E-state index is 0.0376. The summed E-state index contributed by atoms with van der Waals surface area (Å²) in [5.74, 6) is -1.61. The third kappa shape index (κ3) is 3.12. The number of hydrogen-bond donors (Lipinski definition) is 1. The molecule has 2 fully saturated rings. The molecule has 2 unspecified atom stereocenters. The molecule has 2 amide bonds. The Morgan fingerprint density at radius 1 is 1.17 bits per heavy atom. The number of carbonyl (C=O) groups excluding carboxylic acids is 2. The first-order valence-corrected chi connectivity index (χ1v) is 10.2. The van der Waals surface area contributed by atoms with Gasteiger partial charge in [-0.2, -0.15) is 0 Å². The number of amides is 2. The standard InChI is InChI=1S/C24H23FN2O3/c1-15-2-4-17(5-3-15)13-27-14-24-11-10-19(30-24)20(21(24)23(27)29)22(28)26-12-16-6-8-18(25)9-7-16/h2-11,19-21H,12-14H2,1H3,(H,26,28)/t19-,20?,21-,24?/m0/s1. The maximum Gasteiger partial charge on any atom is 0.230 e. The zero-order valence-electron chi connectivity index (χ0n) is 16.7. The van der Waals surface area contributed by atoms with Crippen LogP contribution in [0.25, 0.3) is 0 Å². The molecule has 2 saturated heterocycles. The summed E-state index contributed by atoms with van der Waals surface area (Å²) in [7, 11) is 0. The fourth-order valence-electron chi connectivity index (χ4n) is 4.83. The minimum Gasteiger partial charge on any atom is -0.360 e. The van der Waals surface area contributed by atoms with E-state index in [2.05, 4.69) is 5.32 Å². The van der Waals surface area contributed by atoms with E-state index < -0.39 is 17.4 Å². The molecule has 5 rings (SSSR count). The lowest BCUT2D eigenvalue weighted by molar-refractivity contribution is -0.137. The molecule has 2 bridgehead atoms. The van der Waals surface area contributed by atoms with Crippen molar-refractivity contribution in [1.29, 1.82) is 0 Å². The molecule has 3 heterocycles. The number of aryl methyl sites for hydroxylation is 1. The molecule has 0 saturated carbocycles. The second-order valence-electron chi connectivity index (χ2n) is 8.42. The fraction of sp³-hybridized carbons (Fsp3) is 0.333. The Morgan fingerprint density at radius 2 is 1.87 bits per heavy atom. The SMILES string of the molecule is Cc1ccc(CN2CC34C=C[C@H](O3)C(C(=O)NCc3ccc(F)cc3)[C@H]4C2=O)cc1. The first-order valence-electron chi connectivity index (χ1n) is 10.2. The molecule has 3 aliphatic heterocycles. The van der Waals surface area contributed by atoms with Crippen LogP contribution >= 0.6 is 0 Å². The van der Waals surface area contributed by atoms with E-state index in [1.165, 1.54) is 17.7 Å². The average Bonchev–Trinajstić information content (AvgIpc) is 3.37. The zero-order valence-corrected chi connectivity index (χ0v) is 16.7. The Balaban J connectivity index is 1.31. The molecule has 0 aliphatic carbocycles. The van der Waals surface area contributed by atoms with Crippen molar-refractivity contribution in [2.75, 3.05) is 6.54 Å². The molecule has 2 aromatic rings. The first-order chi connectivity index (χ1) is 14.4. The maximum absolute atomic E-state index is 13.3. The van der Waals surface area contributed by atoms with Crippen molar-refractivity contribution in [2.45, 2.75) is 31.7 Å². The van der Waals surface area contributed by atoms with Gasteiger partial charge in [0.15, 0.2) is 0 Å². The molecule has 4 atom stereocenters. The van der Waals surface area contributed by atoms with Crippen molar-refractivity contribution in [3.05, 3.63) is 83.2 Å². The highest BCUT2D eigenvalue weighted by Crippen LogP contribution is 2.52. The molecule has 0 aromatic heterocycles. The number of ether oxygens (including phenoxy) is 1. The normalized spacial score (nSPS) is 28.8. The Kier molecular flexibility index (Phi) is 4.47. The van der Waals surface area contributed by atoms with Gasteiger partial charge in [0.25, 0.3) is 0 Å². The maximum atomic E-state index is 13.3. The third-order valence-electron chi connectivity index (χ3n) is 6.36. The monoisotopic (exact) mass is 406 g/mol. The summed E-state index contributed by atoms with van der Waals surface area (Å²) in [5.41, 5.74) is 2.31. The second kappa shape index (κ2) is 7.06. The van der Waals surface area contributed by atoms with Crippen LogP contribution in [0.3, 0.4) is 0 Å². The minimum atomic E-state index is -0.718. The second-order valence-corrected chi connectivity index (χ2v) is 8.42. The van der Waals surface area contributed by atoms with Crippen LogP contribution in [-0.2, 0) is 27.4 Å². The topological polar surface area (TPSA) is 58.6 Å². The van der Waals surface area contributed by atoms with Crippen molar-refractivity contribution < 1.29 is 18.7 Å². The molecule has 1 spiro atoms. The Bertz CT molecular complexity index is 1020. The third-order valence-corrected chi connectivity index (χ3v) is 6.36. The summed E-state index contributed by atoms with van der Waals surface area (Å²) in [6, 6.07) is 14.1. The number of carbonyl (C=O) groups is 2. The van der Waals surface area contributed by atoms with Gasteiger partial charge >= 0.3 is 0 Å². The lowest BCUT2D eigenvalue weighted by atomic mass is 9.77. The van der Waals surface area contributed by atoms with Crippen LogP contribution in [0.2, 0.25) is 0 Å². The molecule has 2 aromatic carbocycles. The summed E-state index contributed by atoms with van der Waals surface area (Å²) in [4.78, 5) is 28.0. The highest BCUT2D eigenvalue weighted by molar-refractivity contribution is 5.93. The van der Waals surface area contributed by atoms with E-state index in [-0.39, 0.29) is 30.3 Å². The van der Waals surface area contributed by atoms with Crippen LogP contribution in [-0.4, -0.2) is 35.0 Å². The summed E-state index contributed by atoms with van der Waals surface area (Å²) < 4.78 is 19.2. The van der Waals surface area contributed by atoms with Gasteiger partial charge in [-0.1, -0.05) is 54.1 Å². The Labute approximate surface area is 174 Å². The van der Waals surface area contributed by atoms with Gasteiger partial charge in [-0.15, -0.1) is 0 Å². The highest BCUT2D eigenvalue weighted by Gasteiger charge is 2.66. The number of likely N-dealkylation sites (tertiary alicyclic amines) is 1. The van der Waals surface area contributed by atoms with Gasteiger partial charge in [-0.05, 0) is 30.2 Å². The number of rotatable bonds is 5. The molecule has 0 radical (unpaired) electrons. The molecule has 1 N–H and O–H groups in total. The molecule has 154 valence electrons. The molecule has 30 heavy (non-hydrogen) atoms. The van der Waals surface area contributed by atoms with Crippen molar-refractivity contribution in [2.24, 2.45) is 11.8 Å². The smallest absolute Gasteiger partial charge is 0.230 e. The van der Waals surface area contributed by atoms with Crippen molar-refractivity contribution >= 4 is 11.8 Å². The Hall–Kier alpha value is -2.99. The van der Waals surface area contributed by atoms with Gasteiger partial charge in [0.2, 0.25) is 11.8 Å². The van der Waals surface area contributed by atoms with Gasteiger partial charge in [-0.25, -0.2) is 4.39 Å². The number of benzene rings is 2. The predicted molar refractivity (Wildman–Crippen MR) is 109 cm³/mol. The highest BCUT2D eigenvalue weighted by atomic mass is 19.1. The van der Waals surface area contributed by atoms with Crippen LogP contribution in [0, 0.1) is 24.6 Å². The first kappa shape index (κ1) is 19.0. The van der Waals surface area contributed by atoms with Crippen molar-refractivity contribution in [3.8, 4) is 0 Å². The number of hydrogen-bond acceptors (Lipinski definition) is 3. The Morgan fingerprint density at radius 3 is 2.60 bits per heavy atom. The summed E-state index contributed by atoms with van der Waals surface area (Å²) in [6.45, 7) is 3.27. The van der Waals surface area contributed by atoms with Crippen molar-refractivity contribution in [3.63, 3.8) is 0 Å². The van der Waals surface area contributed by atoms with E-state index in [0.717, 1.165) is 11.1 Å². The van der Waals surface area contributed by atoms with E-state index in [1.807, 2.05) is 43.3 Å². The van der Waals surface area contributed by atoms with E-state index >= 15 is 0 Å². The summed E-state index contributed by atoms with van der Waals surface area (Å²) in [5, 5.41) is 2.90. The summed E-state index contributed by atoms with van der Waals surface area (Å²) >= 11 is 0. The lowest BCUT2D eigenvalue weighted by Gasteiger charge is -2.23. The van der Waals surface area contributed by atoms with Crippen LogP contribution in [0.4, 0.5) is 4.39 Å². The van der Waals surface area contributed by atoms with E-state index in [1.54, 1.807) is 17.0 Å². The fourth-order valence-corrected chi connectivity index (χ4v) is 4.83. The van der Waals surface area contributed by atoms with E-state index in [9.17, 15) is 14.0 Å². The van der Waals surface area contributed by atoms with Gasteiger partial charge in [0, 0.05) is 13.1 Å². The van der Waals surface area contributed by atoms with E-state index in [0.29, 0.717) is 13.1 Å². The van der Waals surface area contributed by atoms with Gasteiger partial charge < -0.3 is 15.0 Å². The molecular weight excluding hydrogens is 383 g/mol. The molecule has 5 nitrogen and oxygen atoms in total. The molecular formula is C24H23FN2O3. The molecule has 3 aliphatic rings.